The second-order valence-corrected chi connectivity index (χ2v) is 8.50. The lowest BCUT2D eigenvalue weighted by molar-refractivity contribution is 0.635. The lowest BCUT2D eigenvalue weighted by Crippen LogP contribution is -2.22. The summed E-state index contributed by atoms with van der Waals surface area (Å²) in [5.41, 5.74) is 5.97. The lowest BCUT2D eigenvalue weighted by Gasteiger charge is -2.25. The summed E-state index contributed by atoms with van der Waals surface area (Å²) >= 11 is 0. The molecule has 1 aliphatic rings. The first-order valence-corrected chi connectivity index (χ1v) is 10.6. The third kappa shape index (κ3) is 2.46. The third-order valence-corrected chi connectivity index (χ3v) is 6.75. The lowest BCUT2D eigenvalue weighted by atomic mass is 9.63. The molecule has 0 unspecified atom stereocenters. The SMILES string of the molecule is [B]C1(c2ccnc(-c3c(C)c4ccccc4c4oc5ncccc5c34)c2)CCCC1. The van der Waals surface area contributed by atoms with Gasteiger partial charge in [-0.15, -0.1) is 0 Å². The molecule has 1 aliphatic carbocycles. The molecule has 0 aliphatic heterocycles. The highest BCUT2D eigenvalue weighted by Gasteiger charge is 2.30. The van der Waals surface area contributed by atoms with Gasteiger partial charge in [-0.3, -0.25) is 4.98 Å². The first-order valence-electron chi connectivity index (χ1n) is 10.6. The number of rotatable bonds is 2. The molecule has 1 fully saturated rings. The Bertz CT molecular complexity index is 1430. The largest absolute Gasteiger partial charge is 0.437 e. The van der Waals surface area contributed by atoms with E-state index in [1.807, 2.05) is 12.3 Å². The van der Waals surface area contributed by atoms with Crippen LogP contribution < -0.4 is 0 Å². The van der Waals surface area contributed by atoms with Gasteiger partial charge in [0.15, 0.2) is 0 Å². The monoisotopic (exact) mass is 388 g/mol. The Morgan fingerprint density at radius 3 is 2.50 bits per heavy atom. The van der Waals surface area contributed by atoms with Crippen molar-refractivity contribution in [3.63, 3.8) is 0 Å². The predicted molar refractivity (Wildman–Crippen MR) is 123 cm³/mol. The van der Waals surface area contributed by atoms with Gasteiger partial charge in [0, 0.05) is 34.1 Å². The van der Waals surface area contributed by atoms with Crippen LogP contribution in [0.4, 0.5) is 0 Å². The van der Waals surface area contributed by atoms with Crippen LogP contribution in [0.1, 0.15) is 36.8 Å². The molecule has 0 atom stereocenters. The van der Waals surface area contributed by atoms with Gasteiger partial charge >= 0.3 is 0 Å². The molecule has 5 aromatic rings. The van der Waals surface area contributed by atoms with E-state index in [-0.39, 0.29) is 5.31 Å². The molecule has 1 saturated carbocycles. The number of fused-ring (bicyclic) bond motifs is 5. The number of furan rings is 1. The molecule has 0 spiro atoms. The van der Waals surface area contributed by atoms with Gasteiger partial charge in [0.05, 0.1) is 13.5 Å². The maximum Gasteiger partial charge on any atom is 0.227 e. The van der Waals surface area contributed by atoms with Crippen LogP contribution in [0, 0.1) is 6.92 Å². The average Bonchev–Trinajstić information content (AvgIpc) is 3.39. The molecule has 3 heterocycles. The molecule has 4 heteroatoms. The first-order chi connectivity index (χ1) is 14.7. The number of hydrogen-bond acceptors (Lipinski definition) is 3. The van der Waals surface area contributed by atoms with Gasteiger partial charge in [0.1, 0.15) is 5.58 Å². The molecule has 3 nitrogen and oxygen atoms in total. The van der Waals surface area contributed by atoms with Crippen molar-refractivity contribution in [2.45, 2.75) is 37.9 Å². The number of benzene rings is 2. The van der Waals surface area contributed by atoms with E-state index < -0.39 is 0 Å². The van der Waals surface area contributed by atoms with Gasteiger partial charge in [-0.25, -0.2) is 4.98 Å². The van der Waals surface area contributed by atoms with E-state index in [0.717, 1.165) is 45.8 Å². The fourth-order valence-corrected chi connectivity index (χ4v) is 5.19. The molecule has 0 bridgehead atoms. The highest BCUT2D eigenvalue weighted by atomic mass is 16.3. The van der Waals surface area contributed by atoms with Crippen molar-refractivity contribution in [1.29, 1.82) is 0 Å². The van der Waals surface area contributed by atoms with Crippen molar-refractivity contribution in [3.05, 3.63) is 72.1 Å². The van der Waals surface area contributed by atoms with Gasteiger partial charge in [0.2, 0.25) is 5.71 Å². The summed E-state index contributed by atoms with van der Waals surface area (Å²) < 4.78 is 6.27. The van der Waals surface area contributed by atoms with Crippen LogP contribution in [-0.4, -0.2) is 17.8 Å². The Morgan fingerprint density at radius 1 is 0.900 bits per heavy atom. The molecular formula is C26H21BN2O. The zero-order valence-corrected chi connectivity index (χ0v) is 17.0. The van der Waals surface area contributed by atoms with E-state index in [9.17, 15) is 0 Å². The number of hydrogen-bond donors (Lipinski definition) is 0. The second-order valence-electron chi connectivity index (χ2n) is 8.50. The van der Waals surface area contributed by atoms with Crippen molar-refractivity contribution in [2.24, 2.45) is 0 Å². The number of nitrogens with zero attached hydrogens (tertiary/aromatic N) is 2. The normalized spacial score (nSPS) is 16.0. The molecular weight excluding hydrogens is 367 g/mol. The molecule has 30 heavy (non-hydrogen) atoms. The Hall–Kier alpha value is -3.14. The van der Waals surface area contributed by atoms with Crippen molar-refractivity contribution < 1.29 is 4.42 Å². The maximum atomic E-state index is 6.78. The molecule has 0 saturated heterocycles. The number of pyridine rings is 2. The van der Waals surface area contributed by atoms with E-state index in [1.54, 1.807) is 6.20 Å². The minimum absolute atomic E-state index is 0.248. The smallest absolute Gasteiger partial charge is 0.227 e. The Kier molecular flexibility index (Phi) is 3.79. The van der Waals surface area contributed by atoms with Crippen LogP contribution in [0.25, 0.3) is 44.1 Å². The minimum atomic E-state index is -0.248. The molecule has 144 valence electrons. The summed E-state index contributed by atoms with van der Waals surface area (Å²) in [5.74, 6) is 0. The van der Waals surface area contributed by atoms with E-state index in [4.69, 9.17) is 17.2 Å². The van der Waals surface area contributed by atoms with E-state index in [0.29, 0.717) is 5.71 Å². The van der Waals surface area contributed by atoms with Gasteiger partial charge < -0.3 is 4.42 Å². The maximum absolute atomic E-state index is 6.78. The second kappa shape index (κ2) is 6.43. The molecule has 2 aromatic carbocycles. The van der Waals surface area contributed by atoms with Gasteiger partial charge in [0.25, 0.3) is 0 Å². The quantitative estimate of drug-likeness (QED) is 0.327. The first kappa shape index (κ1) is 17.7. The fraction of sp³-hybridized carbons (Fsp3) is 0.231. The zero-order chi connectivity index (χ0) is 20.3. The van der Waals surface area contributed by atoms with Crippen LogP contribution in [-0.2, 0) is 5.31 Å². The summed E-state index contributed by atoms with van der Waals surface area (Å²) in [7, 11) is 6.78. The highest BCUT2D eigenvalue weighted by Crippen LogP contribution is 2.44. The number of aromatic nitrogens is 2. The Morgan fingerprint density at radius 2 is 1.67 bits per heavy atom. The van der Waals surface area contributed by atoms with Gasteiger partial charge in [-0.1, -0.05) is 49.9 Å². The average molecular weight is 388 g/mol. The summed E-state index contributed by atoms with van der Waals surface area (Å²) in [6.45, 7) is 2.18. The van der Waals surface area contributed by atoms with Crippen molar-refractivity contribution in [3.8, 4) is 11.3 Å². The molecule has 2 radical (unpaired) electrons. The summed E-state index contributed by atoms with van der Waals surface area (Å²) in [5, 5.41) is 4.13. The topological polar surface area (TPSA) is 38.9 Å². The Balaban J connectivity index is 1.73. The van der Waals surface area contributed by atoms with Gasteiger partial charge in [-0.05, 0) is 53.0 Å². The minimum Gasteiger partial charge on any atom is -0.437 e. The van der Waals surface area contributed by atoms with E-state index in [2.05, 4.69) is 54.4 Å². The Labute approximate surface area is 176 Å². The molecule has 0 amide bonds. The molecule has 3 aromatic heterocycles. The van der Waals surface area contributed by atoms with Crippen LogP contribution in [0.15, 0.2) is 65.3 Å². The number of aryl methyl sites for hydroxylation is 1. The standard InChI is InChI=1S/C26H21BN2O/c1-16-18-7-2-3-8-19(18)24-23(20-9-6-13-29-25(20)30-24)22(16)21-15-17(10-14-28-21)26(27)11-4-5-12-26/h2-3,6-10,13-15H,4-5,11-12H2,1H3. The molecule has 6 rings (SSSR count). The van der Waals surface area contributed by atoms with E-state index in [1.165, 1.54) is 29.4 Å². The van der Waals surface area contributed by atoms with Crippen molar-refractivity contribution in [1.82, 2.24) is 9.97 Å². The fourth-order valence-electron chi connectivity index (χ4n) is 5.19. The summed E-state index contributed by atoms with van der Waals surface area (Å²) in [4.78, 5) is 9.27. The third-order valence-electron chi connectivity index (χ3n) is 6.75. The highest BCUT2D eigenvalue weighted by molar-refractivity contribution is 6.22. The summed E-state index contributed by atoms with van der Waals surface area (Å²) in [6.07, 6.45) is 8.11. The summed E-state index contributed by atoms with van der Waals surface area (Å²) in [6, 6.07) is 16.7. The van der Waals surface area contributed by atoms with Crippen LogP contribution in [0.5, 0.6) is 0 Å². The van der Waals surface area contributed by atoms with E-state index >= 15 is 0 Å². The van der Waals surface area contributed by atoms with Crippen LogP contribution >= 0.6 is 0 Å². The molecule has 0 N–H and O–H groups in total. The van der Waals surface area contributed by atoms with Crippen LogP contribution in [0.2, 0.25) is 0 Å². The zero-order valence-electron chi connectivity index (χ0n) is 17.0. The van der Waals surface area contributed by atoms with Crippen LogP contribution in [0.3, 0.4) is 0 Å². The van der Waals surface area contributed by atoms with Crippen molar-refractivity contribution in [2.75, 3.05) is 0 Å². The van der Waals surface area contributed by atoms with Crippen molar-refractivity contribution >= 4 is 40.7 Å². The van der Waals surface area contributed by atoms with Gasteiger partial charge in [-0.2, -0.15) is 0 Å². The predicted octanol–water partition coefficient (Wildman–Crippen LogP) is 6.44.